The first-order chi connectivity index (χ1) is 10.4. The van der Waals surface area contributed by atoms with Crippen molar-refractivity contribution in [1.29, 1.82) is 0 Å². The second-order valence-electron chi connectivity index (χ2n) is 6.33. The number of hydrogen-bond donors (Lipinski definition) is 0. The zero-order valence-corrected chi connectivity index (χ0v) is 16.0. The summed E-state index contributed by atoms with van der Waals surface area (Å²) in [5, 5.41) is 0. The van der Waals surface area contributed by atoms with E-state index in [1.807, 2.05) is 45.0 Å². The normalized spacial score (nSPS) is 11.3. The minimum atomic E-state index is -0.411. The number of halogens is 1. The summed E-state index contributed by atoms with van der Waals surface area (Å²) in [7, 11) is 0. The molecule has 0 bridgehead atoms. The maximum Gasteiger partial charge on any atom is 0.306 e. The van der Waals surface area contributed by atoms with Gasteiger partial charge < -0.3 is 9.47 Å². The standard InChI is InChI=1S/C18H27IO3/c1-18(2,3)22-17(20)12-9-15-7-10-16(11-8-15)21-14-6-4-5-13-19/h7-8,10-11H,4-6,9,12-14H2,1-3H3. The number of benzene rings is 1. The molecule has 0 fully saturated rings. The fraction of sp³-hybridized carbons (Fsp3) is 0.611. The van der Waals surface area contributed by atoms with Crippen LogP contribution >= 0.6 is 22.6 Å². The van der Waals surface area contributed by atoms with Crippen molar-refractivity contribution >= 4 is 28.6 Å². The minimum Gasteiger partial charge on any atom is -0.494 e. The molecule has 0 amide bonds. The number of carbonyl (C=O) groups is 1. The summed E-state index contributed by atoms with van der Waals surface area (Å²) in [5.41, 5.74) is 0.717. The van der Waals surface area contributed by atoms with Gasteiger partial charge in [-0.25, -0.2) is 0 Å². The highest BCUT2D eigenvalue weighted by molar-refractivity contribution is 14.1. The molecule has 0 aliphatic carbocycles. The number of unbranched alkanes of at least 4 members (excludes halogenated alkanes) is 2. The molecule has 0 saturated heterocycles. The SMILES string of the molecule is CC(C)(C)OC(=O)CCc1ccc(OCCCCCI)cc1. The molecule has 0 aliphatic rings. The molecule has 0 atom stereocenters. The molecule has 0 N–H and O–H groups in total. The van der Waals surface area contributed by atoms with Gasteiger partial charge in [0.2, 0.25) is 0 Å². The third kappa shape index (κ3) is 9.28. The van der Waals surface area contributed by atoms with Crippen molar-refractivity contribution in [2.75, 3.05) is 11.0 Å². The van der Waals surface area contributed by atoms with Crippen molar-refractivity contribution in [3.05, 3.63) is 29.8 Å². The molecular weight excluding hydrogens is 391 g/mol. The van der Waals surface area contributed by atoms with Crippen molar-refractivity contribution < 1.29 is 14.3 Å². The van der Waals surface area contributed by atoms with E-state index < -0.39 is 5.60 Å². The van der Waals surface area contributed by atoms with Crippen LogP contribution in [0.1, 0.15) is 52.0 Å². The van der Waals surface area contributed by atoms with Gasteiger partial charge in [0.15, 0.2) is 0 Å². The van der Waals surface area contributed by atoms with Gasteiger partial charge in [-0.2, -0.15) is 0 Å². The molecule has 3 nitrogen and oxygen atoms in total. The summed E-state index contributed by atoms with van der Waals surface area (Å²) in [4.78, 5) is 11.7. The summed E-state index contributed by atoms with van der Waals surface area (Å²) in [6.07, 6.45) is 4.69. The average molecular weight is 418 g/mol. The van der Waals surface area contributed by atoms with E-state index in [1.165, 1.54) is 17.3 Å². The molecule has 0 saturated carbocycles. The topological polar surface area (TPSA) is 35.5 Å². The zero-order chi connectivity index (χ0) is 16.4. The van der Waals surface area contributed by atoms with Crippen LogP contribution in [0.25, 0.3) is 0 Å². The van der Waals surface area contributed by atoms with E-state index in [9.17, 15) is 4.79 Å². The summed E-state index contributed by atoms with van der Waals surface area (Å²) in [5.74, 6) is 0.749. The van der Waals surface area contributed by atoms with E-state index in [0.29, 0.717) is 12.8 Å². The maximum atomic E-state index is 11.7. The molecule has 0 aromatic heterocycles. The Balaban J connectivity index is 2.28. The molecule has 0 spiro atoms. The number of hydrogen-bond acceptors (Lipinski definition) is 3. The maximum absolute atomic E-state index is 11.7. The summed E-state index contributed by atoms with van der Waals surface area (Å²) in [6, 6.07) is 7.99. The van der Waals surface area contributed by atoms with Crippen LogP contribution in [0.2, 0.25) is 0 Å². The second-order valence-corrected chi connectivity index (χ2v) is 7.41. The van der Waals surface area contributed by atoms with Gasteiger partial charge in [0.05, 0.1) is 6.61 Å². The minimum absolute atomic E-state index is 0.150. The molecule has 0 heterocycles. The molecule has 1 rings (SSSR count). The van der Waals surface area contributed by atoms with Gasteiger partial charge in [0.1, 0.15) is 11.4 Å². The van der Waals surface area contributed by atoms with Crippen molar-refractivity contribution in [1.82, 2.24) is 0 Å². The van der Waals surface area contributed by atoms with Crippen LogP contribution in [0, 0.1) is 0 Å². The van der Waals surface area contributed by atoms with Crippen LogP contribution in [0.3, 0.4) is 0 Å². The number of rotatable bonds is 9. The highest BCUT2D eigenvalue weighted by atomic mass is 127. The fourth-order valence-electron chi connectivity index (χ4n) is 1.95. The van der Waals surface area contributed by atoms with Crippen LogP contribution in [-0.2, 0) is 16.0 Å². The van der Waals surface area contributed by atoms with Gasteiger partial charge in [-0.05, 0) is 68.6 Å². The Morgan fingerprint density at radius 2 is 1.77 bits per heavy atom. The first-order valence-electron chi connectivity index (χ1n) is 7.90. The van der Waals surface area contributed by atoms with Crippen LogP contribution in [0.4, 0.5) is 0 Å². The van der Waals surface area contributed by atoms with Crippen molar-refractivity contribution in [3.8, 4) is 5.75 Å². The second kappa shape index (κ2) is 10.1. The number of aryl methyl sites for hydroxylation is 1. The van der Waals surface area contributed by atoms with E-state index in [2.05, 4.69) is 22.6 Å². The predicted octanol–water partition coefficient (Wildman–Crippen LogP) is 4.95. The first-order valence-corrected chi connectivity index (χ1v) is 9.43. The Hall–Kier alpha value is -0.780. The van der Waals surface area contributed by atoms with Crippen LogP contribution in [0.5, 0.6) is 5.75 Å². The van der Waals surface area contributed by atoms with Gasteiger partial charge >= 0.3 is 5.97 Å². The Morgan fingerprint density at radius 3 is 2.36 bits per heavy atom. The van der Waals surface area contributed by atoms with E-state index in [4.69, 9.17) is 9.47 Å². The highest BCUT2D eigenvalue weighted by Crippen LogP contribution is 2.15. The van der Waals surface area contributed by atoms with Gasteiger partial charge in [-0.15, -0.1) is 0 Å². The van der Waals surface area contributed by atoms with Crippen molar-refractivity contribution in [3.63, 3.8) is 0 Å². The van der Waals surface area contributed by atoms with Crippen LogP contribution in [-0.4, -0.2) is 22.6 Å². The third-order valence-corrected chi connectivity index (χ3v) is 3.77. The highest BCUT2D eigenvalue weighted by Gasteiger charge is 2.15. The lowest BCUT2D eigenvalue weighted by Crippen LogP contribution is -2.23. The smallest absolute Gasteiger partial charge is 0.306 e. The fourth-order valence-corrected chi connectivity index (χ4v) is 2.49. The molecule has 1 aromatic rings. The quantitative estimate of drug-likeness (QED) is 0.247. The van der Waals surface area contributed by atoms with Crippen LogP contribution in [0.15, 0.2) is 24.3 Å². The Bertz CT molecular complexity index is 435. The summed E-state index contributed by atoms with van der Waals surface area (Å²) in [6.45, 7) is 6.43. The van der Waals surface area contributed by atoms with E-state index in [0.717, 1.165) is 24.3 Å². The average Bonchev–Trinajstić information content (AvgIpc) is 2.44. The van der Waals surface area contributed by atoms with Gasteiger partial charge in [0, 0.05) is 6.42 Å². The van der Waals surface area contributed by atoms with Crippen molar-refractivity contribution in [2.24, 2.45) is 0 Å². The van der Waals surface area contributed by atoms with Gasteiger partial charge in [0.25, 0.3) is 0 Å². The molecule has 1 aromatic carbocycles. The largest absolute Gasteiger partial charge is 0.494 e. The molecule has 0 aliphatic heterocycles. The molecule has 124 valence electrons. The Morgan fingerprint density at radius 1 is 1.09 bits per heavy atom. The molecule has 0 unspecified atom stereocenters. The third-order valence-electron chi connectivity index (χ3n) is 3.01. The number of ether oxygens (including phenoxy) is 2. The lowest BCUT2D eigenvalue weighted by Gasteiger charge is -2.19. The monoisotopic (exact) mass is 418 g/mol. The summed E-state index contributed by atoms with van der Waals surface area (Å²) < 4.78 is 12.2. The van der Waals surface area contributed by atoms with Crippen molar-refractivity contribution in [2.45, 2.75) is 58.5 Å². The molecule has 22 heavy (non-hydrogen) atoms. The molecule has 0 radical (unpaired) electrons. The Kier molecular flexibility index (Phi) is 8.83. The number of esters is 1. The Labute approximate surface area is 147 Å². The molecular formula is C18H27IO3. The first kappa shape index (κ1) is 19.3. The van der Waals surface area contributed by atoms with E-state index >= 15 is 0 Å². The lowest BCUT2D eigenvalue weighted by atomic mass is 10.1. The summed E-state index contributed by atoms with van der Waals surface area (Å²) >= 11 is 2.40. The zero-order valence-electron chi connectivity index (χ0n) is 13.9. The predicted molar refractivity (Wildman–Crippen MR) is 98.8 cm³/mol. The van der Waals surface area contributed by atoms with E-state index in [-0.39, 0.29) is 5.97 Å². The lowest BCUT2D eigenvalue weighted by molar-refractivity contribution is -0.154. The molecule has 4 heteroatoms. The number of carbonyl (C=O) groups excluding carboxylic acids is 1. The van der Waals surface area contributed by atoms with E-state index in [1.54, 1.807) is 0 Å². The van der Waals surface area contributed by atoms with Crippen LogP contribution < -0.4 is 4.74 Å². The number of alkyl halides is 1. The van der Waals surface area contributed by atoms with Gasteiger partial charge in [-0.1, -0.05) is 34.7 Å². The van der Waals surface area contributed by atoms with Gasteiger partial charge in [-0.3, -0.25) is 4.79 Å².